The average molecular weight is 789 g/mol. The zero-order valence-electron chi connectivity index (χ0n) is 30.3. The lowest BCUT2D eigenvalue weighted by Crippen LogP contribution is -2.46. The van der Waals surface area contributed by atoms with E-state index in [2.05, 4.69) is 44.5 Å². The molecule has 21 nitrogen and oxygen atoms in total. The number of carbonyl (C=O) groups excluding carboxylic acids is 9. The van der Waals surface area contributed by atoms with Crippen molar-refractivity contribution >= 4 is 65.8 Å². The van der Waals surface area contributed by atoms with Crippen LogP contribution in [0.3, 0.4) is 0 Å². The molecule has 54 heavy (non-hydrogen) atoms. The Morgan fingerprint density at radius 1 is 0.556 bits per heavy atom. The number of hydrogen-bond donors (Lipinski definition) is 7. The van der Waals surface area contributed by atoms with Crippen molar-refractivity contribution in [2.75, 3.05) is 112 Å². The molecule has 22 heteroatoms. The summed E-state index contributed by atoms with van der Waals surface area (Å²) in [4.78, 5) is 109. The molecule has 6 N–H and O–H groups in total. The van der Waals surface area contributed by atoms with Crippen LogP contribution in [0, 0.1) is 0 Å². The van der Waals surface area contributed by atoms with Gasteiger partial charge < -0.3 is 55.7 Å². The summed E-state index contributed by atoms with van der Waals surface area (Å²) >= 11 is 4.04. The average Bonchev–Trinajstić information content (AvgIpc) is 3.78. The summed E-state index contributed by atoms with van der Waals surface area (Å²) in [5.74, 6) is -4.08. The predicted octanol–water partition coefficient (Wildman–Crippen LogP) is -4.79. The molecule has 0 aromatic heterocycles. The van der Waals surface area contributed by atoms with E-state index in [0.29, 0.717) is 39.5 Å². The number of carbonyl (C=O) groups is 9. The van der Waals surface area contributed by atoms with Crippen LogP contribution in [0.4, 0.5) is 0 Å². The Balaban J connectivity index is 1.31. The van der Waals surface area contributed by atoms with Gasteiger partial charge in [0, 0.05) is 45.4 Å². The third-order valence-electron chi connectivity index (χ3n) is 7.62. The van der Waals surface area contributed by atoms with Gasteiger partial charge in [0.05, 0.1) is 90.8 Å². The minimum Gasteiger partial charge on any atom is -0.379 e. The Labute approximate surface area is 318 Å². The Morgan fingerprint density at radius 2 is 0.981 bits per heavy atom. The van der Waals surface area contributed by atoms with E-state index in [1.54, 1.807) is 4.90 Å². The molecule has 1 atom stereocenters. The molecule has 0 bridgehead atoms. The maximum Gasteiger partial charge on any atom is 0.242 e. The lowest BCUT2D eigenvalue weighted by atomic mass is 10.3. The van der Waals surface area contributed by atoms with Gasteiger partial charge in [0.2, 0.25) is 53.2 Å². The number of nitrogens with zero attached hydrogens (tertiary/aromatic N) is 2. The van der Waals surface area contributed by atoms with Crippen LogP contribution < -0.4 is 31.9 Å². The molecule has 2 heterocycles. The van der Waals surface area contributed by atoms with Gasteiger partial charge in [-0.1, -0.05) is 0 Å². The van der Waals surface area contributed by atoms with Crippen molar-refractivity contribution in [2.45, 2.75) is 37.4 Å². The molecule has 0 aliphatic carbocycles. The lowest BCUT2D eigenvalue weighted by Gasteiger charge is -2.15. The van der Waals surface area contributed by atoms with E-state index < -0.39 is 47.9 Å². The van der Waals surface area contributed by atoms with Gasteiger partial charge in [-0.05, 0) is 12.8 Å². The van der Waals surface area contributed by atoms with Crippen LogP contribution in [0.2, 0.25) is 0 Å². The Bertz CT molecular complexity index is 1280. The number of ether oxygens (including phenoxy) is 4. The minimum atomic E-state index is -0.656. The molecule has 9 amide bonds. The van der Waals surface area contributed by atoms with Crippen molar-refractivity contribution in [1.82, 2.24) is 41.7 Å². The fraction of sp³-hybridized carbons (Fsp3) is 0.719. The van der Waals surface area contributed by atoms with E-state index in [4.69, 9.17) is 18.9 Å². The Kier molecular flexibility index (Phi) is 23.1. The van der Waals surface area contributed by atoms with E-state index in [1.165, 1.54) is 0 Å². The molecule has 1 unspecified atom stereocenters. The first-order chi connectivity index (χ1) is 26.0. The van der Waals surface area contributed by atoms with Crippen LogP contribution in [0.5, 0.6) is 0 Å². The molecule has 0 radical (unpaired) electrons. The van der Waals surface area contributed by atoms with Gasteiger partial charge in [-0.2, -0.15) is 12.6 Å². The van der Waals surface area contributed by atoms with Crippen molar-refractivity contribution in [3.05, 3.63) is 0 Å². The number of imide groups is 1. The molecule has 2 fully saturated rings. The fourth-order valence-corrected chi connectivity index (χ4v) is 4.99. The first-order valence-electron chi connectivity index (χ1n) is 17.7. The maximum absolute atomic E-state index is 11.9. The maximum atomic E-state index is 11.9. The van der Waals surface area contributed by atoms with Gasteiger partial charge in [0.25, 0.3) is 0 Å². The van der Waals surface area contributed by atoms with E-state index in [1.807, 2.05) is 0 Å². The van der Waals surface area contributed by atoms with Crippen molar-refractivity contribution in [2.24, 2.45) is 0 Å². The van der Waals surface area contributed by atoms with Gasteiger partial charge in [0.1, 0.15) is 0 Å². The van der Waals surface area contributed by atoms with Crippen molar-refractivity contribution in [1.29, 1.82) is 0 Å². The highest BCUT2D eigenvalue weighted by molar-refractivity contribution is 7.81. The summed E-state index contributed by atoms with van der Waals surface area (Å²) in [5, 5.41) is 13.8. The van der Waals surface area contributed by atoms with E-state index in [-0.39, 0.29) is 102 Å². The molecule has 0 saturated carbocycles. The van der Waals surface area contributed by atoms with Crippen LogP contribution in [0.15, 0.2) is 0 Å². The van der Waals surface area contributed by atoms with E-state index >= 15 is 0 Å². The van der Waals surface area contributed by atoms with Gasteiger partial charge in [-0.25, -0.2) is 0 Å². The van der Waals surface area contributed by atoms with Crippen LogP contribution in [-0.2, 0) is 62.1 Å². The summed E-state index contributed by atoms with van der Waals surface area (Å²) < 4.78 is 21.5. The number of rotatable bonds is 28. The molecule has 0 aromatic carbocycles. The smallest absolute Gasteiger partial charge is 0.242 e. The summed E-state index contributed by atoms with van der Waals surface area (Å²) in [5.41, 5.74) is 0. The predicted molar refractivity (Wildman–Crippen MR) is 190 cm³/mol. The van der Waals surface area contributed by atoms with Crippen molar-refractivity contribution < 1.29 is 62.1 Å². The highest BCUT2D eigenvalue weighted by Crippen LogP contribution is 2.17. The number of likely N-dealkylation sites (tertiary alicyclic amines) is 2. The second-order valence-electron chi connectivity index (χ2n) is 11.9. The third kappa shape index (κ3) is 20.8. The van der Waals surface area contributed by atoms with E-state index in [9.17, 15) is 43.2 Å². The van der Waals surface area contributed by atoms with Crippen LogP contribution in [-0.4, -0.2) is 180 Å². The molecule has 2 aliphatic rings. The highest BCUT2D eigenvalue weighted by Gasteiger charge is 2.36. The molecule has 2 aliphatic heterocycles. The zero-order valence-corrected chi connectivity index (χ0v) is 31.2. The fourth-order valence-electron chi connectivity index (χ4n) is 4.70. The quantitative estimate of drug-likeness (QED) is 0.0223. The summed E-state index contributed by atoms with van der Waals surface area (Å²) in [6, 6.07) is 0. The van der Waals surface area contributed by atoms with Gasteiger partial charge in [-0.3, -0.25) is 48.1 Å². The Morgan fingerprint density at radius 3 is 1.46 bits per heavy atom. The van der Waals surface area contributed by atoms with Crippen LogP contribution >= 0.6 is 12.6 Å². The molecule has 304 valence electrons. The van der Waals surface area contributed by atoms with Gasteiger partial charge >= 0.3 is 0 Å². The number of hydrogen-bond acceptors (Lipinski definition) is 14. The summed E-state index contributed by atoms with van der Waals surface area (Å²) in [6.07, 6.45) is 1.93. The second-order valence-corrected chi connectivity index (χ2v) is 12.5. The standard InChI is InChI=1S/C32H52N8O13S/c41-24(3-8-40-30(47)17-23(54)32(40)49)33-5-10-51-12-14-53-16-15-52-13-11-50-9-4-25(42)34-18-26(43)35-19-27(44)36-20-28(45)37-21-29(46)38-22-31(48)39-6-1-2-7-39/h23,54H,1-22H2,(H,33,41)(H,34,42)(H,35,43)(H,36,44)(H,37,45)(H,38,46). The third-order valence-corrected chi connectivity index (χ3v) is 8.02. The van der Waals surface area contributed by atoms with Crippen molar-refractivity contribution in [3.63, 3.8) is 0 Å². The largest absolute Gasteiger partial charge is 0.379 e. The van der Waals surface area contributed by atoms with Gasteiger partial charge in [0.15, 0.2) is 0 Å². The number of nitrogens with one attached hydrogen (secondary N) is 6. The molecular formula is C32H52N8O13S. The number of amides is 9. The first-order valence-corrected chi connectivity index (χ1v) is 18.2. The van der Waals surface area contributed by atoms with Crippen LogP contribution in [0.25, 0.3) is 0 Å². The molecule has 0 aromatic rings. The molecular weight excluding hydrogens is 736 g/mol. The van der Waals surface area contributed by atoms with Crippen molar-refractivity contribution in [3.8, 4) is 0 Å². The van der Waals surface area contributed by atoms with E-state index in [0.717, 1.165) is 17.7 Å². The van der Waals surface area contributed by atoms with Gasteiger partial charge in [-0.15, -0.1) is 0 Å². The summed E-state index contributed by atoms with van der Waals surface area (Å²) in [7, 11) is 0. The lowest BCUT2D eigenvalue weighted by molar-refractivity contribution is -0.138. The number of thiol groups is 1. The highest BCUT2D eigenvalue weighted by atomic mass is 32.1. The first kappa shape index (κ1) is 45.8. The normalized spacial score (nSPS) is 15.2. The molecule has 2 saturated heterocycles. The molecule has 2 rings (SSSR count). The zero-order chi connectivity index (χ0) is 39.6. The topological polar surface area (TPSA) is 269 Å². The van der Waals surface area contributed by atoms with Crippen LogP contribution in [0.1, 0.15) is 32.1 Å². The SMILES string of the molecule is O=C(CCN1C(=O)CC(S)C1=O)NCCOCCOCCOCCOCCC(=O)NCC(=O)NCC(=O)NCC(=O)NCC(=O)NCC(=O)N1CCCC1. The second kappa shape index (κ2) is 27.2. The Hall–Kier alpha value is -4.38. The summed E-state index contributed by atoms with van der Waals surface area (Å²) in [6.45, 7) is 2.07. The molecule has 0 spiro atoms. The monoisotopic (exact) mass is 788 g/mol. The minimum absolute atomic E-state index is 0.000140.